The molecule has 0 radical (unpaired) electrons. The van der Waals surface area contributed by atoms with Crippen LogP contribution >= 0.6 is 0 Å². The lowest BCUT2D eigenvalue weighted by Gasteiger charge is -2.30. The van der Waals surface area contributed by atoms with E-state index in [1.807, 2.05) is 12.1 Å². The molecule has 3 heterocycles. The molecule has 1 aromatic carbocycles. The Bertz CT molecular complexity index is 678. The summed E-state index contributed by atoms with van der Waals surface area (Å²) in [5, 5.41) is 0. The van der Waals surface area contributed by atoms with Crippen LogP contribution in [0.5, 0.6) is 11.6 Å². The van der Waals surface area contributed by atoms with Gasteiger partial charge in [-0.15, -0.1) is 0 Å². The lowest BCUT2D eigenvalue weighted by Crippen LogP contribution is -2.32. The number of rotatable bonds is 3. The minimum atomic E-state index is -0.0858. The van der Waals surface area contributed by atoms with Crippen molar-refractivity contribution in [2.45, 2.75) is 32.4 Å². The van der Waals surface area contributed by atoms with Crippen molar-refractivity contribution < 1.29 is 9.47 Å². The number of benzene rings is 1. The fourth-order valence-corrected chi connectivity index (χ4v) is 3.39. The number of piperidine rings is 1. The van der Waals surface area contributed by atoms with Gasteiger partial charge in [-0.25, -0.2) is 4.98 Å². The molecular weight excluding hydrogens is 300 g/mol. The second-order valence-electron chi connectivity index (χ2n) is 6.92. The molecule has 126 valence electrons. The van der Waals surface area contributed by atoms with E-state index in [4.69, 9.17) is 9.47 Å². The Labute approximate surface area is 143 Å². The molecule has 4 nitrogen and oxygen atoms in total. The molecule has 2 aromatic rings. The molecule has 1 fully saturated rings. The molecule has 0 N–H and O–H groups in total. The summed E-state index contributed by atoms with van der Waals surface area (Å²) in [6, 6.07) is 12.5. The zero-order chi connectivity index (χ0) is 16.4. The highest BCUT2D eigenvalue weighted by Crippen LogP contribution is 2.34. The highest BCUT2D eigenvalue weighted by atomic mass is 16.6. The second kappa shape index (κ2) is 6.81. The van der Waals surface area contributed by atoms with E-state index < -0.39 is 0 Å². The minimum Gasteiger partial charge on any atom is -0.484 e. The lowest BCUT2D eigenvalue weighted by molar-refractivity contribution is 0.0850. The van der Waals surface area contributed by atoms with Gasteiger partial charge in [0.05, 0.1) is 0 Å². The molecule has 0 spiro atoms. The van der Waals surface area contributed by atoms with Gasteiger partial charge in [0.15, 0.2) is 11.9 Å². The van der Waals surface area contributed by atoms with Gasteiger partial charge >= 0.3 is 0 Å². The van der Waals surface area contributed by atoms with Crippen LogP contribution in [0.15, 0.2) is 42.6 Å². The standard InChI is InChI=1S/C20H24N2O2/c1-15-8-11-22(12-9-15)13-16-4-6-17(7-5-16)19-14-23-18-3-2-10-21-20(18)24-19/h2-7,10,15,19H,8-9,11-14H2,1H3/t19-/m1/s1. The van der Waals surface area contributed by atoms with Gasteiger partial charge in [0.1, 0.15) is 6.61 Å². The predicted molar refractivity (Wildman–Crippen MR) is 93.2 cm³/mol. The second-order valence-corrected chi connectivity index (χ2v) is 6.92. The Morgan fingerprint density at radius 3 is 2.71 bits per heavy atom. The first-order valence-corrected chi connectivity index (χ1v) is 8.83. The summed E-state index contributed by atoms with van der Waals surface area (Å²) in [5.74, 6) is 2.19. The van der Waals surface area contributed by atoms with E-state index >= 15 is 0 Å². The first-order chi connectivity index (χ1) is 11.8. The zero-order valence-corrected chi connectivity index (χ0v) is 14.1. The summed E-state index contributed by atoms with van der Waals surface area (Å²) in [6.07, 6.45) is 4.28. The average molecular weight is 324 g/mol. The van der Waals surface area contributed by atoms with Crippen molar-refractivity contribution in [2.75, 3.05) is 19.7 Å². The molecule has 2 aliphatic heterocycles. The van der Waals surface area contributed by atoms with Gasteiger partial charge in [0.2, 0.25) is 0 Å². The van der Waals surface area contributed by atoms with E-state index in [2.05, 4.69) is 41.1 Å². The van der Waals surface area contributed by atoms with Crippen molar-refractivity contribution in [3.8, 4) is 11.6 Å². The molecule has 4 rings (SSSR count). The van der Waals surface area contributed by atoms with E-state index in [1.165, 1.54) is 31.5 Å². The van der Waals surface area contributed by atoms with Crippen molar-refractivity contribution in [2.24, 2.45) is 5.92 Å². The van der Waals surface area contributed by atoms with E-state index in [1.54, 1.807) is 6.20 Å². The van der Waals surface area contributed by atoms with E-state index in [-0.39, 0.29) is 6.10 Å². The van der Waals surface area contributed by atoms with Crippen molar-refractivity contribution in [1.82, 2.24) is 9.88 Å². The van der Waals surface area contributed by atoms with Crippen LogP contribution in [0.2, 0.25) is 0 Å². The van der Waals surface area contributed by atoms with Gasteiger partial charge in [0.25, 0.3) is 5.88 Å². The number of nitrogens with zero attached hydrogens (tertiary/aromatic N) is 2. The summed E-state index contributed by atoms with van der Waals surface area (Å²) in [6.45, 7) is 6.35. The van der Waals surface area contributed by atoms with Crippen LogP contribution in [0.25, 0.3) is 0 Å². The molecule has 0 aliphatic carbocycles. The first kappa shape index (κ1) is 15.5. The highest BCUT2D eigenvalue weighted by molar-refractivity contribution is 5.35. The van der Waals surface area contributed by atoms with Gasteiger partial charge in [-0.1, -0.05) is 31.2 Å². The van der Waals surface area contributed by atoms with Crippen molar-refractivity contribution in [1.29, 1.82) is 0 Å². The van der Waals surface area contributed by atoms with Crippen LogP contribution in [0.3, 0.4) is 0 Å². The Balaban J connectivity index is 1.39. The maximum atomic E-state index is 5.97. The summed E-state index contributed by atoms with van der Waals surface area (Å²) >= 11 is 0. The largest absolute Gasteiger partial charge is 0.484 e. The number of ether oxygens (including phenoxy) is 2. The molecule has 1 aromatic heterocycles. The van der Waals surface area contributed by atoms with Crippen LogP contribution < -0.4 is 9.47 Å². The maximum Gasteiger partial charge on any atom is 0.257 e. The van der Waals surface area contributed by atoms with Crippen molar-refractivity contribution >= 4 is 0 Å². The molecule has 1 saturated heterocycles. The molecule has 4 heteroatoms. The first-order valence-electron chi connectivity index (χ1n) is 8.83. The molecule has 0 bridgehead atoms. The summed E-state index contributed by atoms with van der Waals surface area (Å²) < 4.78 is 11.7. The van der Waals surface area contributed by atoms with Gasteiger partial charge < -0.3 is 9.47 Å². The van der Waals surface area contributed by atoms with Crippen LogP contribution in [0.1, 0.15) is 37.0 Å². The van der Waals surface area contributed by atoms with Crippen LogP contribution in [0, 0.1) is 5.92 Å². The molecular formula is C20H24N2O2. The third-order valence-corrected chi connectivity index (χ3v) is 5.01. The fourth-order valence-electron chi connectivity index (χ4n) is 3.39. The summed E-state index contributed by atoms with van der Waals surface area (Å²) in [7, 11) is 0. The number of hydrogen-bond acceptors (Lipinski definition) is 4. The summed E-state index contributed by atoms with van der Waals surface area (Å²) in [4.78, 5) is 6.79. The third-order valence-electron chi connectivity index (χ3n) is 5.01. The molecule has 0 saturated carbocycles. The molecule has 24 heavy (non-hydrogen) atoms. The van der Waals surface area contributed by atoms with Crippen LogP contribution in [0.4, 0.5) is 0 Å². The average Bonchev–Trinajstić information content (AvgIpc) is 2.64. The van der Waals surface area contributed by atoms with Crippen molar-refractivity contribution in [3.05, 3.63) is 53.7 Å². The van der Waals surface area contributed by atoms with E-state index in [0.29, 0.717) is 12.5 Å². The quantitative estimate of drug-likeness (QED) is 0.859. The van der Waals surface area contributed by atoms with Gasteiger partial charge in [-0.05, 0) is 55.1 Å². The molecule has 0 amide bonds. The third kappa shape index (κ3) is 3.39. The van der Waals surface area contributed by atoms with Gasteiger partial charge in [-0.3, -0.25) is 4.90 Å². The number of fused-ring (bicyclic) bond motifs is 1. The number of pyridine rings is 1. The maximum absolute atomic E-state index is 5.97. The van der Waals surface area contributed by atoms with Crippen molar-refractivity contribution in [3.63, 3.8) is 0 Å². The number of aromatic nitrogens is 1. The SMILES string of the molecule is CC1CCN(Cc2ccc([C@H]3COc4cccnc4O3)cc2)CC1. The Hall–Kier alpha value is -2.07. The normalized spacial score (nSPS) is 21.6. The lowest BCUT2D eigenvalue weighted by atomic mass is 9.98. The topological polar surface area (TPSA) is 34.6 Å². The number of likely N-dealkylation sites (tertiary alicyclic amines) is 1. The molecule has 1 atom stereocenters. The van der Waals surface area contributed by atoms with Gasteiger partial charge in [-0.2, -0.15) is 0 Å². The van der Waals surface area contributed by atoms with Crippen LogP contribution in [-0.2, 0) is 6.54 Å². The Morgan fingerprint density at radius 1 is 1.12 bits per heavy atom. The molecule has 2 aliphatic rings. The van der Waals surface area contributed by atoms with E-state index in [0.717, 1.165) is 23.8 Å². The predicted octanol–water partition coefficient (Wildman–Crippen LogP) is 3.83. The smallest absolute Gasteiger partial charge is 0.257 e. The van der Waals surface area contributed by atoms with Crippen LogP contribution in [-0.4, -0.2) is 29.6 Å². The van der Waals surface area contributed by atoms with E-state index in [9.17, 15) is 0 Å². The summed E-state index contributed by atoms with van der Waals surface area (Å²) in [5.41, 5.74) is 2.51. The Kier molecular flexibility index (Phi) is 4.39. The highest BCUT2D eigenvalue weighted by Gasteiger charge is 2.23. The monoisotopic (exact) mass is 324 g/mol. The fraction of sp³-hybridized carbons (Fsp3) is 0.450. The minimum absolute atomic E-state index is 0.0858. The van der Waals surface area contributed by atoms with Gasteiger partial charge in [0, 0.05) is 12.7 Å². The zero-order valence-electron chi connectivity index (χ0n) is 14.1. The Morgan fingerprint density at radius 2 is 1.92 bits per heavy atom. The number of hydrogen-bond donors (Lipinski definition) is 0. The molecule has 0 unspecified atom stereocenters.